The molecule has 4 nitrogen and oxygen atoms in total. The number of benzene rings is 3. The Hall–Kier alpha value is -3.40. The first-order valence-electron chi connectivity index (χ1n) is 9.40. The molecule has 0 saturated carbocycles. The second-order valence-corrected chi connectivity index (χ2v) is 6.89. The second-order valence-electron chi connectivity index (χ2n) is 6.89. The maximum Gasteiger partial charge on any atom is 0.414 e. The summed E-state index contributed by atoms with van der Waals surface area (Å²) in [5, 5.41) is 2.31. The molecule has 1 N–H and O–H groups in total. The van der Waals surface area contributed by atoms with Gasteiger partial charge in [0, 0.05) is 6.42 Å². The Morgan fingerprint density at radius 1 is 0.857 bits per heavy atom. The average Bonchev–Trinajstić information content (AvgIpc) is 3.11. The largest absolute Gasteiger partial charge is 0.444 e. The summed E-state index contributed by atoms with van der Waals surface area (Å²) in [6.07, 6.45) is 0.966. The number of alkyl carbamates (subject to hydrolysis) is 1. The van der Waals surface area contributed by atoms with Crippen molar-refractivity contribution in [3.8, 4) is 11.1 Å². The van der Waals surface area contributed by atoms with Crippen LogP contribution < -0.4 is 5.32 Å². The van der Waals surface area contributed by atoms with Gasteiger partial charge in [-0.2, -0.15) is 0 Å². The van der Waals surface area contributed by atoms with Crippen molar-refractivity contribution < 1.29 is 14.3 Å². The summed E-state index contributed by atoms with van der Waals surface area (Å²) in [5.41, 5.74) is 6.93. The summed E-state index contributed by atoms with van der Waals surface area (Å²) in [5.74, 6) is -0.334. The van der Waals surface area contributed by atoms with E-state index >= 15 is 0 Å². The van der Waals surface area contributed by atoms with Crippen LogP contribution in [0.15, 0.2) is 72.8 Å². The summed E-state index contributed by atoms with van der Waals surface area (Å²) in [4.78, 5) is 24.0. The van der Waals surface area contributed by atoms with Crippen molar-refractivity contribution in [1.82, 2.24) is 5.32 Å². The Kier molecular flexibility index (Phi) is 5.20. The molecule has 0 bridgehead atoms. The number of carbonyl (C=O) groups is 2. The predicted molar refractivity (Wildman–Crippen MR) is 108 cm³/mol. The van der Waals surface area contributed by atoms with Crippen LogP contribution in [-0.4, -0.2) is 12.0 Å². The highest BCUT2D eigenvalue weighted by molar-refractivity contribution is 5.91. The maximum atomic E-state index is 12.0. The minimum Gasteiger partial charge on any atom is -0.444 e. The number of carbonyl (C=O) groups excluding carboxylic acids is 2. The van der Waals surface area contributed by atoms with Gasteiger partial charge in [-0.25, -0.2) is 4.79 Å². The zero-order valence-electron chi connectivity index (χ0n) is 15.5. The molecule has 0 saturated heterocycles. The molecule has 0 aliphatic heterocycles. The van der Waals surface area contributed by atoms with E-state index in [4.69, 9.17) is 4.74 Å². The minimum absolute atomic E-state index is 0.148. The van der Waals surface area contributed by atoms with Crippen molar-refractivity contribution in [3.05, 3.63) is 95.1 Å². The molecule has 3 aromatic rings. The Labute approximate surface area is 164 Å². The fourth-order valence-corrected chi connectivity index (χ4v) is 3.62. The molecule has 140 valence electrons. The van der Waals surface area contributed by atoms with Crippen molar-refractivity contribution >= 4 is 12.0 Å². The molecule has 0 atom stereocenters. The lowest BCUT2D eigenvalue weighted by Crippen LogP contribution is -2.31. The molecule has 3 aromatic carbocycles. The van der Waals surface area contributed by atoms with Gasteiger partial charge in [0.05, 0.1) is 0 Å². The second kappa shape index (κ2) is 8.09. The van der Waals surface area contributed by atoms with Gasteiger partial charge in [0.15, 0.2) is 0 Å². The lowest BCUT2D eigenvalue weighted by Gasteiger charge is -2.10. The molecule has 2 amide bonds. The third-order valence-corrected chi connectivity index (χ3v) is 5.03. The molecule has 1 aliphatic carbocycles. The van der Waals surface area contributed by atoms with Gasteiger partial charge >= 0.3 is 6.09 Å². The number of aryl methyl sites for hydroxylation is 1. The van der Waals surface area contributed by atoms with E-state index in [0.717, 1.165) is 17.5 Å². The molecule has 0 unspecified atom stereocenters. The van der Waals surface area contributed by atoms with Gasteiger partial charge in [-0.05, 0) is 46.2 Å². The Morgan fingerprint density at radius 3 is 2.46 bits per heavy atom. The van der Waals surface area contributed by atoms with E-state index < -0.39 is 6.09 Å². The topological polar surface area (TPSA) is 55.4 Å². The Balaban J connectivity index is 1.32. The van der Waals surface area contributed by atoms with E-state index in [1.54, 1.807) is 0 Å². The molecular weight excluding hydrogens is 350 g/mol. The lowest BCUT2D eigenvalue weighted by atomic mass is 10.0. The van der Waals surface area contributed by atoms with E-state index in [1.807, 2.05) is 54.6 Å². The highest BCUT2D eigenvalue weighted by atomic mass is 16.5. The smallest absolute Gasteiger partial charge is 0.414 e. The molecule has 4 rings (SSSR count). The summed E-state index contributed by atoms with van der Waals surface area (Å²) in [6, 6.07) is 24.0. The van der Waals surface area contributed by atoms with Crippen molar-refractivity contribution in [3.63, 3.8) is 0 Å². The van der Waals surface area contributed by atoms with Gasteiger partial charge in [0.2, 0.25) is 5.91 Å². The summed E-state index contributed by atoms with van der Waals surface area (Å²) >= 11 is 0. The van der Waals surface area contributed by atoms with Gasteiger partial charge in [-0.1, -0.05) is 72.8 Å². The molecule has 4 heteroatoms. The molecular formula is C24H21NO3. The average molecular weight is 371 g/mol. The molecule has 0 heterocycles. The zero-order valence-corrected chi connectivity index (χ0v) is 15.5. The fourth-order valence-electron chi connectivity index (χ4n) is 3.62. The van der Waals surface area contributed by atoms with Crippen molar-refractivity contribution in [2.24, 2.45) is 0 Å². The van der Waals surface area contributed by atoms with Crippen LogP contribution in [0.25, 0.3) is 11.1 Å². The number of hydrogen-bond acceptors (Lipinski definition) is 3. The quantitative estimate of drug-likeness (QED) is 0.556. The number of nitrogens with one attached hydrogen (secondary N) is 1. The number of amides is 2. The first-order valence-corrected chi connectivity index (χ1v) is 9.40. The molecule has 0 aromatic heterocycles. The lowest BCUT2D eigenvalue weighted by molar-refractivity contribution is -0.120. The third kappa shape index (κ3) is 3.96. The monoisotopic (exact) mass is 371 g/mol. The molecule has 0 radical (unpaired) electrons. The highest BCUT2D eigenvalue weighted by Crippen LogP contribution is 2.38. The molecule has 28 heavy (non-hydrogen) atoms. The van der Waals surface area contributed by atoms with Crippen molar-refractivity contribution in [1.29, 1.82) is 0 Å². The van der Waals surface area contributed by atoms with Gasteiger partial charge in [-0.15, -0.1) is 0 Å². The van der Waals surface area contributed by atoms with Gasteiger partial charge in [0.25, 0.3) is 0 Å². The van der Waals surface area contributed by atoms with Crippen LogP contribution in [0.2, 0.25) is 0 Å². The summed E-state index contributed by atoms with van der Waals surface area (Å²) < 4.78 is 5.30. The number of rotatable bonds is 5. The highest BCUT2D eigenvalue weighted by Gasteiger charge is 2.21. The fraction of sp³-hybridized carbons (Fsp3) is 0.167. The summed E-state index contributed by atoms with van der Waals surface area (Å²) in [7, 11) is 0. The van der Waals surface area contributed by atoms with Gasteiger partial charge in [-0.3, -0.25) is 10.1 Å². The van der Waals surface area contributed by atoms with Crippen LogP contribution in [0.4, 0.5) is 4.79 Å². The van der Waals surface area contributed by atoms with E-state index in [-0.39, 0.29) is 18.9 Å². The third-order valence-electron chi connectivity index (χ3n) is 5.03. The molecule has 0 fully saturated rings. The van der Waals surface area contributed by atoms with Crippen LogP contribution in [0, 0.1) is 0 Å². The first kappa shape index (κ1) is 18.0. The first-order chi connectivity index (χ1) is 13.7. The Morgan fingerprint density at radius 2 is 1.61 bits per heavy atom. The standard InChI is InChI=1S/C24H21NO3/c26-23(14-13-17-7-2-1-3-8-17)25-24(27)28-16-19-10-6-12-21-20-11-5-4-9-18(20)15-22(19)21/h1-12H,13-16H2,(H,25,26,27). The van der Waals surface area contributed by atoms with Gasteiger partial charge < -0.3 is 4.74 Å². The number of hydrogen-bond donors (Lipinski definition) is 1. The van der Waals surface area contributed by atoms with Crippen molar-refractivity contribution in [2.45, 2.75) is 25.9 Å². The minimum atomic E-state index is -0.703. The van der Waals surface area contributed by atoms with E-state index in [9.17, 15) is 9.59 Å². The van der Waals surface area contributed by atoms with E-state index in [1.165, 1.54) is 22.3 Å². The molecule has 1 aliphatic rings. The van der Waals surface area contributed by atoms with Crippen LogP contribution in [-0.2, 0) is 29.0 Å². The van der Waals surface area contributed by atoms with Gasteiger partial charge in [0.1, 0.15) is 6.61 Å². The van der Waals surface area contributed by atoms with Crippen molar-refractivity contribution in [2.75, 3.05) is 0 Å². The maximum absolute atomic E-state index is 12.0. The van der Waals surface area contributed by atoms with Crippen LogP contribution in [0.3, 0.4) is 0 Å². The number of fused-ring (bicyclic) bond motifs is 3. The van der Waals surface area contributed by atoms with E-state index in [2.05, 4.69) is 23.5 Å². The zero-order chi connectivity index (χ0) is 19.3. The SMILES string of the molecule is O=C(CCc1ccccc1)NC(=O)OCc1cccc2c1Cc1ccccc1-2. The predicted octanol–water partition coefficient (Wildman–Crippen LogP) is 4.64. The van der Waals surface area contributed by atoms with Crippen LogP contribution >= 0.6 is 0 Å². The molecule has 0 spiro atoms. The number of imide groups is 1. The van der Waals surface area contributed by atoms with Crippen LogP contribution in [0.5, 0.6) is 0 Å². The van der Waals surface area contributed by atoms with Crippen LogP contribution in [0.1, 0.15) is 28.7 Å². The normalized spacial score (nSPS) is 11.4. The summed E-state index contributed by atoms with van der Waals surface area (Å²) in [6.45, 7) is 0.148. The number of ether oxygens (including phenoxy) is 1. The Bertz CT molecular complexity index is 1010. The van der Waals surface area contributed by atoms with E-state index in [0.29, 0.717) is 6.42 Å².